The van der Waals surface area contributed by atoms with Crippen LogP contribution in [0.1, 0.15) is 25.6 Å². The summed E-state index contributed by atoms with van der Waals surface area (Å²) in [5.41, 5.74) is 0.938. The van der Waals surface area contributed by atoms with Gasteiger partial charge in [0.2, 0.25) is 5.91 Å². The number of benzene rings is 1. The SMILES string of the molecule is CC(C)c1nc(SCC(=O)N2CCOCC2)c2ccccc2n1. The number of carbonyl (C=O) groups is 1. The summed E-state index contributed by atoms with van der Waals surface area (Å²) in [6.07, 6.45) is 0. The molecule has 0 saturated carbocycles. The number of rotatable bonds is 4. The molecule has 1 aromatic carbocycles. The first kappa shape index (κ1) is 16.2. The van der Waals surface area contributed by atoms with Gasteiger partial charge >= 0.3 is 0 Å². The van der Waals surface area contributed by atoms with E-state index < -0.39 is 0 Å². The second-order valence-corrected chi connectivity index (χ2v) is 6.80. The minimum absolute atomic E-state index is 0.145. The Morgan fingerprint density at radius 2 is 2.00 bits per heavy atom. The van der Waals surface area contributed by atoms with Crippen LogP contribution in [0, 0.1) is 0 Å². The molecule has 0 unspecified atom stereocenters. The van der Waals surface area contributed by atoms with Crippen molar-refractivity contribution < 1.29 is 9.53 Å². The smallest absolute Gasteiger partial charge is 0.233 e. The Kier molecular flexibility index (Phi) is 5.13. The molecule has 5 nitrogen and oxygen atoms in total. The number of para-hydroxylation sites is 1. The maximum absolute atomic E-state index is 12.3. The van der Waals surface area contributed by atoms with Crippen molar-refractivity contribution in [1.29, 1.82) is 0 Å². The predicted octanol–water partition coefficient (Wildman–Crippen LogP) is 2.70. The highest BCUT2D eigenvalue weighted by Crippen LogP contribution is 2.27. The van der Waals surface area contributed by atoms with Crippen LogP contribution in [0.4, 0.5) is 0 Å². The van der Waals surface area contributed by atoms with Crippen molar-refractivity contribution in [2.45, 2.75) is 24.8 Å². The molecule has 0 spiro atoms. The maximum Gasteiger partial charge on any atom is 0.233 e. The number of nitrogens with zero attached hydrogens (tertiary/aromatic N) is 3. The molecule has 0 aliphatic carbocycles. The molecule has 1 amide bonds. The number of aromatic nitrogens is 2. The van der Waals surface area contributed by atoms with Gasteiger partial charge in [-0.15, -0.1) is 0 Å². The van der Waals surface area contributed by atoms with E-state index in [0.29, 0.717) is 32.1 Å². The van der Waals surface area contributed by atoms with Gasteiger partial charge in [-0.2, -0.15) is 0 Å². The van der Waals surface area contributed by atoms with Gasteiger partial charge in [0.15, 0.2) is 0 Å². The summed E-state index contributed by atoms with van der Waals surface area (Å²) in [6, 6.07) is 7.97. The lowest BCUT2D eigenvalue weighted by molar-refractivity contribution is -0.132. The number of hydrogen-bond acceptors (Lipinski definition) is 5. The average Bonchev–Trinajstić information content (AvgIpc) is 2.59. The Bertz CT molecular complexity index is 699. The van der Waals surface area contributed by atoms with Crippen LogP contribution in [0.5, 0.6) is 0 Å². The first-order valence-electron chi connectivity index (χ1n) is 7.90. The zero-order chi connectivity index (χ0) is 16.2. The van der Waals surface area contributed by atoms with E-state index in [2.05, 4.69) is 23.8 Å². The van der Waals surface area contributed by atoms with Crippen molar-refractivity contribution in [3.05, 3.63) is 30.1 Å². The standard InChI is InChI=1S/C17H21N3O2S/c1-12(2)16-18-14-6-4-3-5-13(14)17(19-16)23-11-15(21)20-7-9-22-10-8-20/h3-6,12H,7-11H2,1-2H3. The van der Waals surface area contributed by atoms with E-state index in [0.717, 1.165) is 21.8 Å². The maximum atomic E-state index is 12.3. The first-order chi connectivity index (χ1) is 11.1. The molecule has 2 heterocycles. The Morgan fingerprint density at radius 3 is 2.74 bits per heavy atom. The molecular formula is C17H21N3O2S. The number of morpholine rings is 1. The zero-order valence-corrected chi connectivity index (χ0v) is 14.3. The highest BCUT2D eigenvalue weighted by molar-refractivity contribution is 8.00. The van der Waals surface area contributed by atoms with Crippen molar-refractivity contribution in [3.63, 3.8) is 0 Å². The van der Waals surface area contributed by atoms with E-state index >= 15 is 0 Å². The number of amides is 1. The third-order valence-electron chi connectivity index (χ3n) is 3.80. The van der Waals surface area contributed by atoms with Gasteiger partial charge in [0.1, 0.15) is 10.9 Å². The molecule has 122 valence electrons. The van der Waals surface area contributed by atoms with Crippen molar-refractivity contribution in [3.8, 4) is 0 Å². The van der Waals surface area contributed by atoms with Gasteiger partial charge in [-0.25, -0.2) is 9.97 Å². The lowest BCUT2D eigenvalue weighted by Gasteiger charge is -2.26. The van der Waals surface area contributed by atoms with Gasteiger partial charge in [0, 0.05) is 24.4 Å². The fourth-order valence-electron chi connectivity index (χ4n) is 2.47. The fraction of sp³-hybridized carbons (Fsp3) is 0.471. The van der Waals surface area contributed by atoms with Gasteiger partial charge in [-0.3, -0.25) is 4.79 Å². The minimum atomic E-state index is 0.145. The van der Waals surface area contributed by atoms with Crippen molar-refractivity contribution in [1.82, 2.24) is 14.9 Å². The number of fused-ring (bicyclic) bond motifs is 1. The summed E-state index contributed by atoms with van der Waals surface area (Å²) in [7, 11) is 0. The summed E-state index contributed by atoms with van der Waals surface area (Å²) < 4.78 is 5.29. The molecule has 1 fully saturated rings. The molecule has 1 saturated heterocycles. The lowest BCUT2D eigenvalue weighted by Crippen LogP contribution is -2.41. The van der Waals surface area contributed by atoms with E-state index in [1.165, 1.54) is 11.8 Å². The Morgan fingerprint density at radius 1 is 1.26 bits per heavy atom. The van der Waals surface area contributed by atoms with E-state index in [4.69, 9.17) is 4.74 Å². The Balaban J connectivity index is 1.79. The van der Waals surface area contributed by atoms with Crippen LogP contribution in [-0.4, -0.2) is 52.8 Å². The molecule has 1 aromatic heterocycles. The van der Waals surface area contributed by atoms with Crippen LogP contribution >= 0.6 is 11.8 Å². The molecule has 3 rings (SSSR count). The van der Waals surface area contributed by atoms with Crippen LogP contribution < -0.4 is 0 Å². The van der Waals surface area contributed by atoms with Crippen LogP contribution in [-0.2, 0) is 9.53 Å². The highest BCUT2D eigenvalue weighted by atomic mass is 32.2. The van der Waals surface area contributed by atoms with Crippen molar-refractivity contribution in [2.75, 3.05) is 32.1 Å². The fourth-order valence-corrected chi connectivity index (χ4v) is 3.40. The molecule has 6 heteroatoms. The Labute approximate surface area is 140 Å². The quantitative estimate of drug-likeness (QED) is 0.637. The third kappa shape index (κ3) is 3.82. The molecule has 0 atom stereocenters. The monoisotopic (exact) mass is 331 g/mol. The normalized spacial score (nSPS) is 15.3. The summed E-state index contributed by atoms with van der Waals surface area (Å²) in [4.78, 5) is 23.5. The summed E-state index contributed by atoms with van der Waals surface area (Å²) >= 11 is 1.50. The average molecular weight is 331 g/mol. The predicted molar refractivity (Wildman–Crippen MR) is 91.8 cm³/mol. The van der Waals surface area contributed by atoms with Crippen LogP contribution in [0.3, 0.4) is 0 Å². The molecule has 1 aliphatic heterocycles. The number of thioether (sulfide) groups is 1. The summed E-state index contributed by atoms with van der Waals surface area (Å²) in [5, 5.41) is 1.90. The highest BCUT2D eigenvalue weighted by Gasteiger charge is 2.18. The van der Waals surface area contributed by atoms with Crippen LogP contribution in [0.15, 0.2) is 29.3 Å². The van der Waals surface area contributed by atoms with Crippen molar-refractivity contribution in [2.24, 2.45) is 0 Å². The minimum Gasteiger partial charge on any atom is -0.378 e. The number of carbonyl (C=O) groups excluding carboxylic acids is 1. The van der Waals surface area contributed by atoms with E-state index in [1.54, 1.807) is 0 Å². The van der Waals surface area contributed by atoms with Gasteiger partial charge in [0.05, 0.1) is 24.5 Å². The number of ether oxygens (including phenoxy) is 1. The van der Waals surface area contributed by atoms with Crippen LogP contribution in [0.25, 0.3) is 10.9 Å². The molecule has 0 radical (unpaired) electrons. The molecule has 23 heavy (non-hydrogen) atoms. The molecule has 0 bridgehead atoms. The van der Waals surface area contributed by atoms with Gasteiger partial charge in [0.25, 0.3) is 0 Å². The summed E-state index contributed by atoms with van der Waals surface area (Å²) in [5.74, 6) is 1.63. The number of hydrogen-bond donors (Lipinski definition) is 0. The zero-order valence-electron chi connectivity index (χ0n) is 13.5. The van der Waals surface area contributed by atoms with E-state index in [9.17, 15) is 4.79 Å². The van der Waals surface area contributed by atoms with Gasteiger partial charge in [-0.1, -0.05) is 43.8 Å². The van der Waals surface area contributed by atoms with E-state index in [1.807, 2.05) is 29.2 Å². The third-order valence-corrected chi connectivity index (χ3v) is 4.77. The molecule has 2 aromatic rings. The second-order valence-electron chi connectivity index (χ2n) is 5.84. The van der Waals surface area contributed by atoms with E-state index in [-0.39, 0.29) is 11.8 Å². The summed E-state index contributed by atoms with van der Waals surface area (Å²) in [6.45, 7) is 6.78. The topological polar surface area (TPSA) is 55.3 Å². The van der Waals surface area contributed by atoms with Gasteiger partial charge in [-0.05, 0) is 6.07 Å². The largest absolute Gasteiger partial charge is 0.378 e. The molecule has 1 aliphatic rings. The Hall–Kier alpha value is -1.66. The second kappa shape index (κ2) is 7.27. The molecular weight excluding hydrogens is 310 g/mol. The molecule has 0 N–H and O–H groups in total. The lowest BCUT2D eigenvalue weighted by atomic mass is 10.2. The van der Waals surface area contributed by atoms with Gasteiger partial charge < -0.3 is 9.64 Å². The van der Waals surface area contributed by atoms with Crippen LogP contribution in [0.2, 0.25) is 0 Å². The van der Waals surface area contributed by atoms with Crippen molar-refractivity contribution >= 4 is 28.6 Å². The first-order valence-corrected chi connectivity index (χ1v) is 8.88.